The van der Waals surface area contributed by atoms with Crippen LogP contribution in [0.25, 0.3) is 11.3 Å². The summed E-state index contributed by atoms with van der Waals surface area (Å²) in [6, 6.07) is 13.7. The average molecular weight is 395 g/mol. The summed E-state index contributed by atoms with van der Waals surface area (Å²) in [7, 11) is 1.65. The molecule has 1 aliphatic heterocycles. The van der Waals surface area contributed by atoms with Crippen LogP contribution in [-0.2, 0) is 12.3 Å². The maximum absolute atomic E-state index is 5.48. The smallest absolute Gasteiger partial charge is 0.167 e. The van der Waals surface area contributed by atoms with E-state index in [1.165, 1.54) is 5.56 Å². The summed E-state index contributed by atoms with van der Waals surface area (Å²) < 4.78 is 10.7. The number of benzene rings is 1. The molecule has 0 radical (unpaired) electrons. The van der Waals surface area contributed by atoms with Crippen molar-refractivity contribution in [3.05, 3.63) is 66.1 Å². The van der Waals surface area contributed by atoms with Crippen LogP contribution >= 0.6 is 11.8 Å². The Balaban J connectivity index is 1.30. The normalized spacial score (nSPS) is 14.4. The van der Waals surface area contributed by atoms with Crippen molar-refractivity contribution in [1.29, 1.82) is 0 Å². The van der Waals surface area contributed by atoms with Crippen LogP contribution in [0, 0.1) is 0 Å². The van der Waals surface area contributed by atoms with Crippen LogP contribution in [0.2, 0.25) is 0 Å². The fraction of sp³-hybridized carbons (Fsp3) is 0.250. The van der Waals surface area contributed by atoms with Gasteiger partial charge in [0.15, 0.2) is 10.9 Å². The molecule has 144 valence electrons. The molecule has 7 nitrogen and oxygen atoms in total. The number of thioether (sulfide) groups is 1. The van der Waals surface area contributed by atoms with Gasteiger partial charge in [-0.25, -0.2) is 4.99 Å². The Kier molecular flexibility index (Phi) is 5.89. The van der Waals surface area contributed by atoms with E-state index in [9.17, 15) is 0 Å². The molecule has 0 aliphatic carbocycles. The SMILES string of the molecule is COc1cccc(-c2cc(CSC3=NCN(Cc4cccnc4)CN3)no2)c1. The lowest BCUT2D eigenvalue weighted by molar-refractivity contribution is 0.258. The van der Waals surface area contributed by atoms with Crippen molar-refractivity contribution in [1.82, 2.24) is 20.4 Å². The number of nitrogens with one attached hydrogen (secondary N) is 1. The van der Waals surface area contributed by atoms with Crippen molar-refractivity contribution in [2.24, 2.45) is 4.99 Å². The van der Waals surface area contributed by atoms with Gasteiger partial charge in [-0.2, -0.15) is 0 Å². The predicted octanol–water partition coefficient (Wildman–Crippen LogP) is 3.35. The number of aromatic nitrogens is 2. The Morgan fingerprint density at radius 3 is 3.00 bits per heavy atom. The van der Waals surface area contributed by atoms with Crippen LogP contribution in [0.5, 0.6) is 5.75 Å². The zero-order valence-corrected chi connectivity index (χ0v) is 16.4. The second-order valence-electron chi connectivity index (χ2n) is 6.33. The molecular formula is C20H21N5O2S. The number of nitrogens with zero attached hydrogens (tertiary/aromatic N) is 4. The first-order valence-electron chi connectivity index (χ1n) is 8.92. The third kappa shape index (κ3) is 4.71. The average Bonchev–Trinajstić information content (AvgIpc) is 3.23. The molecule has 0 saturated carbocycles. The molecule has 1 N–H and O–H groups in total. The van der Waals surface area contributed by atoms with Crippen molar-refractivity contribution in [2.75, 3.05) is 20.4 Å². The van der Waals surface area contributed by atoms with Gasteiger partial charge in [0.25, 0.3) is 0 Å². The van der Waals surface area contributed by atoms with E-state index in [0.29, 0.717) is 12.4 Å². The number of pyridine rings is 1. The molecular weight excluding hydrogens is 374 g/mol. The van der Waals surface area contributed by atoms with E-state index < -0.39 is 0 Å². The molecule has 2 aromatic heterocycles. The summed E-state index contributed by atoms with van der Waals surface area (Å²) in [4.78, 5) is 11.0. The highest BCUT2D eigenvalue weighted by Gasteiger charge is 2.14. The van der Waals surface area contributed by atoms with Crippen LogP contribution in [0.1, 0.15) is 11.3 Å². The van der Waals surface area contributed by atoms with Gasteiger partial charge < -0.3 is 14.6 Å². The summed E-state index contributed by atoms with van der Waals surface area (Å²) >= 11 is 1.63. The van der Waals surface area contributed by atoms with Gasteiger partial charge in [-0.3, -0.25) is 9.88 Å². The summed E-state index contributed by atoms with van der Waals surface area (Å²) in [5, 5.41) is 8.45. The number of methoxy groups -OCH3 is 1. The second-order valence-corrected chi connectivity index (χ2v) is 7.30. The molecule has 0 amide bonds. The van der Waals surface area contributed by atoms with Crippen LogP contribution in [0.15, 0.2) is 64.4 Å². The molecule has 8 heteroatoms. The van der Waals surface area contributed by atoms with E-state index in [0.717, 1.165) is 41.1 Å². The Labute approximate surface area is 167 Å². The predicted molar refractivity (Wildman–Crippen MR) is 110 cm³/mol. The van der Waals surface area contributed by atoms with Gasteiger partial charge in [-0.1, -0.05) is 35.1 Å². The zero-order chi connectivity index (χ0) is 19.2. The first-order valence-corrected chi connectivity index (χ1v) is 9.91. The second kappa shape index (κ2) is 8.90. The molecule has 0 bridgehead atoms. The zero-order valence-electron chi connectivity index (χ0n) is 15.5. The topological polar surface area (TPSA) is 75.8 Å². The van der Waals surface area contributed by atoms with Crippen molar-refractivity contribution >= 4 is 16.9 Å². The molecule has 0 spiro atoms. The molecule has 0 fully saturated rings. The highest BCUT2D eigenvalue weighted by molar-refractivity contribution is 8.13. The molecule has 0 unspecified atom stereocenters. The van der Waals surface area contributed by atoms with Crippen molar-refractivity contribution in [3.63, 3.8) is 0 Å². The third-order valence-corrected chi connectivity index (χ3v) is 5.25. The molecule has 0 saturated heterocycles. The minimum absolute atomic E-state index is 0.665. The molecule has 1 aromatic carbocycles. The van der Waals surface area contributed by atoms with Crippen LogP contribution in [0.3, 0.4) is 0 Å². The fourth-order valence-corrected chi connectivity index (χ4v) is 3.57. The van der Waals surface area contributed by atoms with Crippen molar-refractivity contribution < 1.29 is 9.26 Å². The number of amidine groups is 1. The summed E-state index contributed by atoms with van der Waals surface area (Å²) in [6.07, 6.45) is 3.67. The van der Waals surface area contributed by atoms with Crippen LogP contribution in [-0.4, -0.2) is 40.7 Å². The molecule has 3 aromatic rings. The van der Waals surface area contributed by atoms with Crippen molar-refractivity contribution in [3.8, 4) is 17.1 Å². The highest BCUT2D eigenvalue weighted by Crippen LogP contribution is 2.26. The number of ether oxygens (including phenoxy) is 1. The van der Waals surface area contributed by atoms with Gasteiger partial charge in [0.2, 0.25) is 0 Å². The molecule has 0 atom stereocenters. The minimum atomic E-state index is 0.665. The fourth-order valence-electron chi connectivity index (χ4n) is 2.84. The molecule has 28 heavy (non-hydrogen) atoms. The monoisotopic (exact) mass is 395 g/mol. The van der Waals surface area contributed by atoms with Gasteiger partial charge in [0.1, 0.15) is 5.75 Å². The van der Waals surface area contributed by atoms with E-state index in [4.69, 9.17) is 9.26 Å². The molecule has 1 aliphatic rings. The maximum atomic E-state index is 5.48. The van der Waals surface area contributed by atoms with Crippen LogP contribution in [0.4, 0.5) is 0 Å². The summed E-state index contributed by atoms with van der Waals surface area (Å²) in [6.45, 7) is 2.25. The van der Waals surface area contributed by atoms with E-state index in [-0.39, 0.29) is 0 Å². The lowest BCUT2D eigenvalue weighted by Gasteiger charge is -2.26. The van der Waals surface area contributed by atoms with Gasteiger partial charge >= 0.3 is 0 Å². The van der Waals surface area contributed by atoms with Gasteiger partial charge in [-0.15, -0.1) is 0 Å². The quantitative estimate of drug-likeness (QED) is 0.686. The van der Waals surface area contributed by atoms with Gasteiger partial charge in [0.05, 0.1) is 26.1 Å². The lowest BCUT2D eigenvalue weighted by atomic mass is 10.1. The molecule has 3 heterocycles. The van der Waals surface area contributed by atoms with Gasteiger partial charge in [-0.05, 0) is 23.8 Å². The first-order chi connectivity index (χ1) is 13.8. The minimum Gasteiger partial charge on any atom is -0.497 e. The highest BCUT2D eigenvalue weighted by atomic mass is 32.2. The summed E-state index contributed by atoms with van der Waals surface area (Å²) in [5.41, 5.74) is 3.01. The largest absolute Gasteiger partial charge is 0.497 e. The van der Waals surface area contributed by atoms with Crippen molar-refractivity contribution in [2.45, 2.75) is 12.3 Å². The molecule has 4 rings (SSSR count). The number of hydrogen-bond acceptors (Lipinski definition) is 8. The van der Waals surface area contributed by atoms with E-state index in [1.807, 2.05) is 42.6 Å². The third-order valence-electron chi connectivity index (χ3n) is 4.27. The Morgan fingerprint density at radius 1 is 1.25 bits per heavy atom. The van der Waals surface area contributed by atoms with Gasteiger partial charge in [0, 0.05) is 36.3 Å². The Hall–Kier alpha value is -2.84. The van der Waals surface area contributed by atoms with E-state index in [2.05, 4.69) is 31.4 Å². The number of aliphatic imine (C=N–C) groups is 1. The Bertz CT molecular complexity index is 945. The first kappa shape index (κ1) is 18.5. The number of rotatable bonds is 6. The van der Waals surface area contributed by atoms with E-state index in [1.54, 1.807) is 25.1 Å². The van der Waals surface area contributed by atoms with E-state index >= 15 is 0 Å². The standard InChI is InChI=1S/C20H21N5O2S/c1-26-18-6-2-5-16(8-18)19-9-17(24-27-19)12-28-20-22-13-25(14-23-20)11-15-4-3-7-21-10-15/h2-10H,11-14H2,1H3,(H,22,23). The Morgan fingerprint density at radius 2 is 2.21 bits per heavy atom. The number of hydrogen-bond donors (Lipinski definition) is 1. The lowest BCUT2D eigenvalue weighted by Crippen LogP contribution is -2.41. The van der Waals surface area contributed by atoms with Crippen LogP contribution < -0.4 is 10.1 Å². The maximum Gasteiger partial charge on any atom is 0.167 e. The summed E-state index contributed by atoms with van der Waals surface area (Å²) in [5.74, 6) is 2.22.